The van der Waals surface area contributed by atoms with E-state index in [1.54, 1.807) is 6.08 Å². The molecule has 0 bridgehead atoms. The summed E-state index contributed by atoms with van der Waals surface area (Å²) in [7, 11) is 0. The van der Waals surface area contributed by atoms with Crippen molar-refractivity contribution < 1.29 is 18.0 Å². The summed E-state index contributed by atoms with van der Waals surface area (Å²) in [6.07, 6.45) is 3.54. The monoisotopic (exact) mass is 322 g/mol. The maximum atomic E-state index is 12.9. The van der Waals surface area contributed by atoms with Crippen molar-refractivity contribution in [3.8, 4) is 0 Å². The van der Waals surface area contributed by atoms with Gasteiger partial charge in [0.15, 0.2) is 5.78 Å². The van der Waals surface area contributed by atoms with Crippen LogP contribution in [-0.2, 0) is 11.0 Å². The van der Waals surface area contributed by atoms with E-state index in [1.807, 2.05) is 0 Å². The minimum Gasteiger partial charge on any atom is -0.294 e. The van der Waals surface area contributed by atoms with Crippen molar-refractivity contribution in [1.82, 2.24) is 0 Å². The maximum Gasteiger partial charge on any atom is 0.416 e. The molecule has 23 heavy (non-hydrogen) atoms. The van der Waals surface area contributed by atoms with E-state index < -0.39 is 11.7 Å². The molecule has 2 saturated carbocycles. The third-order valence-corrected chi connectivity index (χ3v) is 5.55. The van der Waals surface area contributed by atoms with Crippen LogP contribution >= 0.6 is 0 Å². The number of allylic oxidation sites excluding steroid dienone is 1. The van der Waals surface area contributed by atoms with Crippen molar-refractivity contribution in [1.29, 1.82) is 0 Å². The number of benzene rings is 1. The average molecular weight is 322 g/mol. The zero-order chi connectivity index (χ0) is 16.7. The fourth-order valence-corrected chi connectivity index (χ4v) is 4.08. The third kappa shape index (κ3) is 3.08. The van der Waals surface area contributed by atoms with Gasteiger partial charge in [0.05, 0.1) is 5.56 Å². The first-order valence-corrected chi connectivity index (χ1v) is 8.23. The summed E-state index contributed by atoms with van der Waals surface area (Å²) in [5.74, 6) is 0.668. The van der Waals surface area contributed by atoms with Crippen molar-refractivity contribution in [2.45, 2.75) is 51.6 Å². The lowest BCUT2D eigenvalue weighted by Crippen LogP contribution is -2.42. The molecule has 3 rings (SSSR count). The quantitative estimate of drug-likeness (QED) is 0.611. The lowest BCUT2D eigenvalue weighted by Gasteiger charge is -2.44. The highest BCUT2D eigenvalue weighted by atomic mass is 19.4. The Balaban J connectivity index is 1.84. The minimum atomic E-state index is -4.32. The van der Waals surface area contributed by atoms with E-state index in [0.717, 1.165) is 49.8 Å². The van der Waals surface area contributed by atoms with Gasteiger partial charge >= 0.3 is 6.18 Å². The Morgan fingerprint density at radius 3 is 2.48 bits per heavy atom. The summed E-state index contributed by atoms with van der Waals surface area (Å²) in [5.41, 5.74) is 0.507. The smallest absolute Gasteiger partial charge is 0.294 e. The Morgan fingerprint density at radius 2 is 1.83 bits per heavy atom. The van der Waals surface area contributed by atoms with Gasteiger partial charge in [0.1, 0.15) is 0 Å². The summed E-state index contributed by atoms with van der Waals surface area (Å²) < 4.78 is 37.8. The molecule has 124 valence electrons. The number of alkyl halides is 3. The molecule has 2 atom stereocenters. The number of carbonyl (C=O) groups is 1. The zero-order valence-electron chi connectivity index (χ0n) is 13.2. The molecule has 2 unspecified atom stereocenters. The first kappa shape index (κ1) is 16.3. The lowest BCUT2D eigenvalue weighted by molar-refractivity contribution is -0.137. The van der Waals surface area contributed by atoms with E-state index in [4.69, 9.17) is 0 Å². The minimum absolute atomic E-state index is 0.202. The van der Waals surface area contributed by atoms with E-state index in [9.17, 15) is 18.0 Å². The van der Waals surface area contributed by atoms with Gasteiger partial charge in [0.2, 0.25) is 0 Å². The molecule has 0 saturated heterocycles. The van der Waals surface area contributed by atoms with Gasteiger partial charge in [-0.3, -0.25) is 4.79 Å². The molecule has 1 aromatic rings. The molecule has 1 nitrogen and oxygen atoms in total. The number of halogens is 3. The summed E-state index contributed by atoms with van der Waals surface area (Å²) in [6.45, 7) is 2.07. The molecule has 2 fully saturated rings. The second-order valence-electron chi connectivity index (χ2n) is 7.02. The Kier molecular flexibility index (Phi) is 4.11. The van der Waals surface area contributed by atoms with Gasteiger partial charge in [0, 0.05) is 5.41 Å². The predicted molar refractivity (Wildman–Crippen MR) is 83.7 cm³/mol. The molecule has 1 aromatic carbocycles. The number of rotatable bonds is 1. The molecule has 2 aliphatic carbocycles. The zero-order valence-corrected chi connectivity index (χ0v) is 13.2. The molecular formula is C19H21F3O. The molecule has 0 radical (unpaired) electrons. The molecule has 0 N–H and O–H groups in total. The number of hydrogen-bond acceptors (Lipinski definition) is 1. The number of fused-ring (bicyclic) bond motifs is 1. The van der Waals surface area contributed by atoms with Crippen LogP contribution in [0.5, 0.6) is 0 Å². The van der Waals surface area contributed by atoms with Gasteiger partial charge in [-0.2, -0.15) is 13.2 Å². The van der Waals surface area contributed by atoms with Crippen LogP contribution in [0.2, 0.25) is 0 Å². The predicted octanol–water partition coefficient (Wildman–Crippen LogP) is 5.65. The molecule has 2 aliphatic rings. The van der Waals surface area contributed by atoms with E-state index in [2.05, 4.69) is 6.92 Å². The molecule has 0 aliphatic heterocycles. The van der Waals surface area contributed by atoms with Crippen molar-refractivity contribution in [3.63, 3.8) is 0 Å². The standard InChI is InChI=1S/C19H21F3O/c1-18-11-3-2-4-15(18)10-7-14(17(18)23)12-13-5-8-16(9-6-13)19(20,21)22/h5-6,8-9,12,15H,2-4,7,10-11H2,1H3. The number of hydrogen-bond donors (Lipinski definition) is 0. The molecule has 4 heteroatoms. The van der Waals surface area contributed by atoms with Crippen molar-refractivity contribution in [3.05, 3.63) is 41.0 Å². The number of ketones is 1. The highest BCUT2D eigenvalue weighted by Gasteiger charge is 2.46. The van der Waals surface area contributed by atoms with Crippen LogP contribution < -0.4 is 0 Å². The van der Waals surface area contributed by atoms with Gasteiger partial charge in [0.25, 0.3) is 0 Å². The number of Topliss-reactive ketones (excluding diaryl/α,β-unsaturated/α-hetero) is 1. The molecule has 0 spiro atoms. The highest BCUT2D eigenvalue weighted by molar-refractivity contribution is 6.04. The normalized spacial score (nSPS) is 30.3. The Labute approximate surface area is 134 Å². The van der Waals surface area contributed by atoms with Crippen LogP contribution in [0.25, 0.3) is 6.08 Å². The Hall–Kier alpha value is -1.58. The van der Waals surface area contributed by atoms with Crippen LogP contribution in [0, 0.1) is 11.3 Å². The topological polar surface area (TPSA) is 17.1 Å². The van der Waals surface area contributed by atoms with E-state index >= 15 is 0 Å². The Bertz CT molecular complexity index is 627. The van der Waals surface area contributed by atoms with Gasteiger partial charge in [-0.05, 0) is 60.9 Å². The molecular weight excluding hydrogens is 301 g/mol. The third-order valence-electron chi connectivity index (χ3n) is 5.55. The van der Waals surface area contributed by atoms with Crippen LogP contribution in [-0.4, -0.2) is 5.78 Å². The van der Waals surface area contributed by atoms with Crippen LogP contribution in [0.4, 0.5) is 13.2 Å². The summed E-state index contributed by atoms with van der Waals surface area (Å²) in [6, 6.07) is 5.03. The van der Waals surface area contributed by atoms with E-state index in [0.29, 0.717) is 11.5 Å². The average Bonchev–Trinajstić information content (AvgIpc) is 2.51. The van der Waals surface area contributed by atoms with Gasteiger partial charge in [-0.15, -0.1) is 0 Å². The van der Waals surface area contributed by atoms with Crippen molar-refractivity contribution >= 4 is 11.9 Å². The SMILES string of the molecule is CC12CCCCC1CCC(=Cc1ccc(C(F)(F)F)cc1)C2=O. The van der Waals surface area contributed by atoms with Gasteiger partial charge in [-0.1, -0.05) is 31.9 Å². The summed E-state index contributed by atoms with van der Waals surface area (Å²) in [4.78, 5) is 12.9. The highest BCUT2D eigenvalue weighted by Crippen LogP contribution is 2.49. The van der Waals surface area contributed by atoms with Crippen LogP contribution in [0.15, 0.2) is 29.8 Å². The van der Waals surface area contributed by atoms with Gasteiger partial charge < -0.3 is 0 Å². The van der Waals surface area contributed by atoms with Crippen LogP contribution in [0.3, 0.4) is 0 Å². The van der Waals surface area contributed by atoms with Crippen LogP contribution in [0.1, 0.15) is 56.6 Å². The molecule has 0 aromatic heterocycles. The second kappa shape index (κ2) is 5.81. The largest absolute Gasteiger partial charge is 0.416 e. The first-order chi connectivity index (χ1) is 10.8. The van der Waals surface area contributed by atoms with E-state index in [-0.39, 0.29) is 11.2 Å². The molecule has 0 amide bonds. The van der Waals surface area contributed by atoms with E-state index in [1.165, 1.54) is 18.6 Å². The summed E-state index contributed by atoms with van der Waals surface area (Å²) in [5, 5.41) is 0. The fraction of sp³-hybridized carbons (Fsp3) is 0.526. The number of carbonyl (C=O) groups excluding carboxylic acids is 1. The Morgan fingerprint density at radius 1 is 1.13 bits per heavy atom. The molecule has 0 heterocycles. The summed E-state index contributed by atoms with van der Waals surface area (Å²) >= 11 is 0. The second-order valence-corrected chi connectivity index (χ2v) is 7.02. The fourth-order valence-electron chi connectivity index (χ4n) is 4.08. The maximum absolute atomic E-state index is 12.9. The van der Waals surface area contributed by atoms with Crippen molar-refractivity contribution in [2.24, 2.45) is 11.3 Å². The van der Waals surface area contributed by atoms with Crippen molar-refractivity contribution in [2.75, 3.05) is 0 Å². The first-order valence-electron chi connectivity index (χ1n) is 8.23. The lowest BCUT2D eigenvalue weighted by atomic mass is 9.58. The van der Waals surface area contributed by atoms with Gasteiger partial charge in [-0.25, -0.2) is 0 Å².